The molecule has 0 N–H and O–H groups in total. The SMILES string of the molecule is CCC(=CC(=O)c1ccc2c(c1)OCCO2)CC. The lowest BCUT2D eigenvalue weighted by molar-refractivity contribution is 0.104. The molecule has 96 valence electrons. The minimum atomic E-state index is 0.0330. The second-order valence-corrected chi connectivity index (χ2v) is 4.23. The molecule has 1 heterocycles. The highest BCUT2D eigenvalue weighted by molar-refractivity contribution is 6.05. The lowest BCUT2D eigenvalue weighted by Gasteiger charge is -2.18. The average molecular weight is 246 g/mol. The van der Waals surface area contributed by atoms with E-state index in [0.29, 0.717) is 30.3 Å². The Morgan fingerprint density at radius 3 is 2.50 bits per heavy atom. The molecule has 0 aromatic heterocycles. The monoisotopic (exact) mass is 246 g/mol. The number of carbonyl (C=O) groups is 1. The summed E-state index contributed by atoms with van der Waals surface area (Å²) in [5.74, 6) is 1.41. The van der Waals surface area contributed by atoms with E-state index in [2.05, 4.69) is 13.8 Å². The van der Waals surface area contributed by atoms with Crippen LogP contribution in [0.2, 0.25) is 0 Å². The molecule has 0 radical (unpaired) electrons. The van der Waals surface area contributed by atoms with Gasteiger partial charge < -0.3 is 9.47 Å². The summed E-state index contributed by atoms with van der Waals surface area (Å²) < 4.78 is 10.9. The Bertz CT molecular complexity index is 469. The van der Waals surface area contributed by atoms with Crippen LogP contribution in [0.15, 0.2) is 29.8 Å². The fourth-order valence-corrected chi connectivity index (χ4v) is 1.92. The number of rotatable bonds is 4. The highest BCUT2D eigenvalue weighted by Gasteiger charge is 2.14. The molecule has 0 saturated carbocycles. The largest absolute Gasteiger partial charge is 0.486 e. The number of fused-ring (bicyclic) bond motifs is 1. The molecule has 0 unspecified atom stereocenters. The maximum atomic E-state index is 12.1. The van der Waals surface area contributed by atoms with Gasteiger partial charge in [0, 0.05) is 5.56 Å². The number of carbonyl (C=O) groups excluding carboxylic acids is 1. The van der Waals surface area contributed by atoms with Crippen molar-refractivity contribution in [3.63, 3.8) is 0 Å². The van der Waals surface area contributed by atoms with Crippen molar-refractivity contribution in [3.05, 3.63) is 35.4 Å². The Labute approximate surface area is 107 Å². The number of ketones is 1. The number of hydrogen-bond donors (Lipinski definition) is 0. The number of hydrogen-bond acceptors (Lipinski definition) is 3. The van der Waals surface area contributed by atoms with Crippen LogP contribution in [0.5, 0.6) is 11.5 Å². The molecule has 1 aliphatic rings. The van der Waals surface area contributed by atoms with Crippen LogP contribution in [-0.4, -0.2) is 19.0 Å². The molecule has 0 spiro atoms. The highest BCUT2D eigenvalue weighted by Crippen LogP contribution is 2.31. The van der Waals surface area contributed by atoms with Crippen LogP contribution in [0.3, 0.4) is 0 Å². The zero-order chi connectivity index (χ0) is 13.0. The van der Waals surface area contributed by atoms with Gasteiger partial charge in [0.2, 0.25) is 0 Å². The van der Waals surface area contributed by atoms with Crippen molar-refractivity contribution in [2.24, 2.45) is 0 Å². The molecule has 3 heteroatoms. The van der Waals surface area contributed by atoms with Gasteiger partial charge in [-0.25, -0.2) is 0 Å². The quantitative estimate of drug-likeness (QED) is 0.603. The Kier molecular flexibility index (Phi) is 4.03. The standard InChI is InChI=1S/C15H18O3/c1-3-11(4-2)9-13(16)12-5-6-14-15(10-12)18-8-7-17-14/h5-6,9-10H,3-4,7-8H2,1-2H3. The van der Waals surface area contributed by atoms with Crippen LogP contribution in [0.4, 0.5) is 0 Å². The fraction of sp³-hybridized carbons (Fsp3) is 0.400. The van der Waals surface area contributed by atoms with Crippen LogP contribution in [0.25, 0.3) is 0 Å². The van der Waals surface area contributed by atoms with E-state index in [1.165, 1.54) is 0 Å². The van der Waals surface area contributed by atoms with Crippen molar-refractivity contribution < 1.29 is 14.3 Å². The number of ether oxygens (including phenoxy) is 2. The summed E-state index contributed by atoms with van der Waals surface area (Å²) in [7, 11) is 0. The average Bonchev–Trinajstić information content (AvgIpc) is 2.44. The van der Waals surface area contributed by atoms with Gasteiger partial charge in [-0.1, -0.05) is 19.4 Å². The van der Waals surface area contributed by atoms with E-state index in [1.807, 2.05) is 0 Å². The van der Waals surface area contributed by atoms with E-state index in [1.54, 1.807) is 24.3 Å². The smallest absolute Gasteiger partial charge is 0.185 e. The first kappa shape index (κ1) is 12.7. The summed E-state index contributed by atoms with van der Waals surface area (Å²) in [6.45, 7) is 5.23. The van der Waals surface area contributed by atoms with E-state index in [9.17, 15) is 4.79 Å². The third-order valence-electron chi connectivity index (χ3n) is 3.07. The Balaban J connectivity index is 2.23. The molecular weight excluding hydrogens is 228 g/mol. The van der Waals surface area contributed by atoms with Gasteiger partial charge in [0.25, 0.3) is 0 Å². The van der Waals surface area contributed by atoms with Gasteiger partial charge in [0.15, 0.2) is 17.3 Å². The maximum Gasteiger partial charge on any atom is 0.185 e. The summed E-state index contributed by atoms with van der Waals surface area (Å²) >= 11 is 0. The summed E-state index contributed by atoms with van der Waals surface area (Å²) in [5, 5.41) is 0. The van der Waals surface area contributed by atoms with Gasteiger partial charge in [-0.15, -0.1) is 0 Å². The number of allylic oxidation sites excluding steroid dienone is 2. The van der Waals surface area contributed by atoms with Crippen molar-refractivity contribution >= 4 is 5.78 Å². The first-order valence-corrected chi connectivity index (χ1v) is 6.38. The maximum absolute atomic E-state index is 12.1. The summed E-state index contributed by atoms with van der Waals surface area (Å²) in [6, 6.07) is 5.35. The van der Waals surface area contributed by atoms with Gasteiger partial charge in [0.05, 0.1) is 0 Å². The predicted molar refractivity (Wildman–Crippen MR) is 70.4 cm³/mol. The van der Waals surface area contributed by atoms with Crippen LogP contribution in [0.1, 0.15) is 37.0 Å². The van der Waals surface area contributed by atoms with E-state index in [4.69, 9.17) is 9.47 Å². The molecule has 1 aromatic carbocycles. The first-order chi connectivity index (χ1) is 8.74. The molecule has 2 rings (SSSR count). The molecule has 1 aliphatic heterocycles. The van der Waals surface area contributed by atoms with Crippen LogP contribution >= 0.6 is 0 Å². The van der Waals surface area contributed by atoms with Crippen molar-refractivity contribution in [3.8, 4) is 11.5 Å². The Hall–Kier alpha value is -1.77. The zero-order valence-corrected chi connectivity index (χ0v) is 10.9. The molecule has 0 bridgehead atoms. The minimum Gasteiger partial charge on any atom is -0.486 e. The second kappa shape index (κ2) is 5.71. The van der Waals surface area contributed by atoms with Crippen LogP contribution < -0.4 is 9.47 Å². The Morgan fingerprint density at radius 1 is 1.17 bits per heavy atom. The summed E-state index contributed by atoms with van der Waals surface area (Å²) in [6.07, 6.45) is 3.55. The third-order valence-corrected chi connectivity index (χ3v) is 3.07. The van der Waals surface area contributed by atoms with Gasteiger partial charge in [-0.05, 0) is 37.1 Å². The normalized spacial score (nSPS) is 13.0. The Morgan fingerprint density at radius 2 is 1.83 bits per heavy atom. The molecule has 0 fully saturated rings. The second-order valence-electron chi connectivity index (χ2n) is 4.23. The van der Waals surface area contributed by atoms with E-state index in [-0.39, 0.29) is 5.78 Å². The van der Waals surface area contributed by atoms with Crippen molar-refractivity contribution in [2.45, 2.75) is 26.7 Å². The zero-order valence-electron chi connectivity index (χ0n) is 10.9. The molecular formula is C15H18O3. The third kappa shape index (κ3) is 2.73. The van der Waals surface area contributed by atoms with Crippen molar-refractivity contribution in [1.29, 1.82) is 0 Å². The first-order valence-electron chi connectivity index (χ1n) is 6.38. The molecule has 3 nitrogen and oxygen atoms in total. The molecule has 0 aliphatic carbocycles. The van der Waals surface area contributed by atoms with E-state index < -0.39 is 0 Å². The fourth-order valence-electron chi connectivity index (χ4n) is 1.92. The predicted octanol–water partition coefficient (Wildman–Crippen LogP) is 3.39. The molecule has 0 amide bonds. The van der Waals surface area contributed by atoms with Gasteiger partial charge in [0.1, 0.15) is 13.2 Å². The van der Waals surface area contributed by atoms with Gasteiger partial charge in [-0.3, -0.25) is 4.79 Å². The molecule has 18 heavy (non-hydrogen) atoms. The number of benzene rings is 1. The van der Waals surface area contributed by atoms with Crippen LogP contribution in [-0.2, 0) is 0 Å². The van der Waals surface area contributed by atoms with Gasteiger partial charge in [-0.2, -0.15) is 0 Å². The lowest BCUT2D eigenvalue weighted by Crippen LogP contribution is -2.15. The minimum absolute atomic E-state index is 0.0330. The lowest BCUT2D eigenvalue weighted by atomic mass is 10.0. The van der Waals surface area contributed by atoms with Crippen LogP contribution in [0, 0.1) is 0 Å². The van der Waals surface area contributed by atoms with E-state index >= 15 is 0 Å². The summed E-state index contributed by atoms with van der Waals surface area (Å²) in [5.41, 5.74) is 1.81. The molecule has 0 saturated heterocycles. The topological polar surface area (TPSA) is 35.5 Å². The highest BCUT2D eigenvalue weighted by atomic mass is 16.6. The summed E-state index contributed by atoms with van der Waals surface area (Å²) in [4.78, 5) is 12.1. The van der Waals surface area contributed by atoms with E-state index in [0.717, 1.165) is 18.4 Å². The molecule has 0 atom stereocenters. The van der Waals surface area contributed by atoms with Gasteiger partial charge >= 0.3 is 0 Å². The van der Waals surface area contributed by atoms with Crippen molar-refractivity contribution in [1.82, 2.24) is 0 Å². The molecule has 1 aromatic rings. The van der Waals surface area contributed by atoms with Crippen molar-refractivity contribution in [2.75, 3.05) is 13.2 Å².